The quantitative estimate of drug-likeness (QED) is 0.605. The Kier molecular flexibility index (Phi) is 1.71. The van der Waals surface area contributed by atoms with Gasteiger partial charge in [-0.15, -0.1) is 0 Å². The molecule has 1 aromatic heterocycles. The van der Waals surface area contributed by atoms with Gasteiger partial charge in [-0.05, 0) is 19.1 Å². The molecule has 0 aliphatic rings. The third-order valence-corrected chi connectivity index (χ3v) is 1.98. The zero-order valence-corrected chi connectivity index (χ0v) is 7.28. The highest BCUT2D eigenvalue weighted by Gasteiger charge is 2.00. The Morgan fingerprint density at radius 1 is 1.23 bits per heavy atom. The van der Waals surface area contributed by atoms with Crippen molar-refractivity contribution in [1.82, 2.24) is 4.98 Å². The van der Waals surface area contributed by atoms with Gasteiger partial charge in [0.15, 0.2) is 0 Å². The molecule has 62 valence electrons. The summed E-state index contributed by atoms with van der Waals surface area (Å²) >= 11 is 0. The van der Waals surface area contributed by atoms with Crippen LogP contribution in [0.4, 0.5) is 0 Å². The highest BCUT2D eigenvalue weighted by molar-refractivity contribution is 5.84. The Morgan fingerprint density at radius 2 is 2.08 bits per heavy atom. The number of aromatic nitrogens is 1. The van der Waals surface area contributed by atoms with Crippen LogP contribution in [0.25, 0.3) is 10.9 Å². The van der Waals surface area contributed by atoms with Crippen LogP contribution in [0.3, 0.4) is 0 Å². The van der Waals surface area contributed by atoms with E-state index in [1.54, 1.807) is 6.07 Å². The third-order valence-electron chi connectivity index (χ3n) is 1.98. The molecule has 0 bridgehead atoms. The summed E-state index contributed by atoms with van der Waals surface area (Å²) in [5.41, 5.74) is 2.38. The van der Waals surface area contributed by atoms with Crippen LogP contribution < -0.4 is 0 Å². The summed E-state index contributed by atoms with van der Waals surface area (Å²) in [5, 5.41) is 9.85. The van der Waals surface area contributed by atoms with Crippen molar-refractivity contribution in [3.05, 3.63) is 41.6 Å². The van der Waals surface area contributed by atoms with Crippen molar-refractivity contribution in [2.45, 2.75) is 6.92 Å². The summed E-state index contributed by atoms with van der Waals surface area (Å²) < 4.78 is 0. The van der Waals surface area contributed by atoms with Crippen molar-refractivity contribution < 1.29 is 0 Å². The predicted octanol–water partition coefficient (Wildman–Crippen LogP) is 2.41. The molecule has 13 heavy (non-hydrogen) atoms. The van der Waals surface area contributed by atoms with Gasteiger partial charge in [0.05, 0.1) is 11.1 Å². The van der Waals surface area contributed by atoms with E-state index in [9.17, 15) is 0 Å². The highest BCUT2D eigenvalue weighted by Crippen LogP contribution is 2.15. The first-order valence-electron chi connectivity index (χ1n) is 4.08. The number of hydrogen-bond acceptors (Lipinski definition) is 2. The largest absolute Gasteiger partial charge is 0.252 e. The lowest BCUT2D eigenvalue weighted by molar-refractivity contribution is 1.25. The number of benzene rings is 1. The van der Waals surface area contributed by atoms with Crippen molar-refractivity contribution in [2.75, 3.05) is 0 Å². The number of nitrogens with zero attached hydrogens (tertiary/aromatic N) is 2. The number of nitriles is 1. The summed E-state index contributed by atoms with van der Waals surface area (Å²) in [7, 11) is 0. The molecule has 2 rings (SSSR count). The highest BCUT2D eigenvalue weighted by atomic mass is 14.7. The molecule has 0 aliphatic carbocycles. The van der Waals surface area contributed by atoms with Crippen LogP contribution in [-0.4, -0.2) is 4.98 Å². The van der Waals surface area contributed by atoms with E-state index in [-0.39, 0.29) is 0 Å². The molecule has 2 aromatic rings. The summed E-state index contributed by atoms with van der Waals surface area (Å²) in [4.78, 5) is 4.32. The molecule has 0 saturated heterocycles. The predicted molar refractivity (Wildman–Crippen MR) is 51.2 cm³/mol. The van der Waals surface area contributed by atoms with E-state index < -0.39 is 0 Å². The molecule has 2 nitrogen and oxygen atoms in total. The lowest BCUT2D eigenvalue weighted by atomic mass is 10.1. The van der Waals surface area contributed by atoms with Gasteiger partial charge in [-0.1, -0.05) is 18.2 Å². The minimum absolute atomic E-state index is 0.640. The number of para-hydroxylation sites is 1. The van der Waals surface area contributed by atoms with Gasteiger partial charge >= 0.3 is 0 Å². The Labute approximate surface area is 76.5 Å². The molecule has 0 aliphatic heterocycles. The van der Waals surface area contributed by atoms with Crippen molar-refractivity contribution in [3.63, 3.8) is 0 Å². The first kappa shape index (κ1) is 7.75. The SMILES string of the molecule is Cc1ccc2cccc(C#N)c2n1. The van der Waals surface area contributed by atoms with Gasteiger partial charge in [0.1, 0.15) is 6.07 Å². The Morgan fingerprint density at radius 3 is 2.85 bits per heavy atom. The normalized spacial score (nSPS) is 9.85. The summed E-state index contributed by atoms with van der Waals surface area (Å²) in [6.45, 7) is 1.92. The van der Waals surface area contributed by atoms with Gasteiger partial charge in [-0.25, -0.2) is 0 Å². The smallest absolute Gasteiger partial charge is 0.101 e. The molecular formula is C11H8N2. The van der Waals surface area contributed by atoms with Crippen LogP contribution in [-0.2, 0) is 0 Å². The molecule has 2 heteroatoms. The minimum atomic E-state index is 0.640. The average Bonchev–Trinajstić information content (AvgIpc) is 2.17. The number of rotatable bonds is 0. The van der Waals surface area contributed by atoms with Crippen LogP contribution >= 0.6 is 0 Å². The molecule has 0 amide bonds. The van der Waals surface area contributed by atoms with Gasteiger partial charge in [0, 0.05) is 11.1 Å². The molecule has 0 radical (unpaired) electrons. The topological polar surface area (TPSA) is 36.7 Å². The van der Waals surface area contributed by atoms with E-state index in [0.29, 0.717) is 5.56 Å². The van der Waals surface area contributed by atoms with E-state index >= 15 is 0 Å². The van der Waals surface area contributed by atoms with Crippen molar-refractivity contribution in [1.29, 1.82) is 5.26 Å². The standard InChI is InChI=1S/C11H8N2/c1-8-5-6-9-3-2-4-10(7-12)11(9)13-8/h2-6H,1H3. The first-order chi connectivity index (χ1) is 6.31. The molecule has 1 heterocycles. The fraction of sp³-hybridized carbons (Fsp3) is 0.0909. The van der Waals surface area contributed by atoms with E-state index in [0.717, 1.165) is 16.6 Å². The molecule has 0 atom stereocenters. The number of pyridine rings is 1. The average molecular weight is 168 g/mol. The second-order valence-electron chi connectivity index (χ2n) is 2.94. The summed E-state index contributed by atoms with van der Waals surface area (Å²) in [6.07, 6.45) is 0. The maximum Gasteiger partial charge on any atom is 0.101 e. The van der Waals surface area contributed by atoms with Crippen molar-refractivity contribution >= 4 is 10.9 Å². The van der Waals surface area contributed by atoms with Crippen molar-refractivity contribution in [3.8, 4) is 6.07 Å². The lowest BCUT2D eigenvalue weighted by Crippen LogP contribution is -1.86. The number of hydrogen-bond donors (Lipinski definition) is 0. The lowest BCUT2D eigenvalue weighted by Gasteiger charge is -1.99. The fourth-order valence-corrected chi connectivity index (χ4v) is 1.33. The Bertz CT molecular complexity index is 495. The molecule has 0 saturated carbocycles. The summed E-state index contributed by atoms with van der Waals surface area (Å²) in [6, 6.07) is 11.7. The molecule has 1 aromatic carbocycles. The van der Waals surface area contributed by atoms with Gasteiger partial charge in [0.2, 0.25) is 0 Å². The molecular weight excluding hydrogens is 160 g/mol. The summed E-state index contributed by atoms with van der Waals surface area (Å²) in [5.74, 6) is 0. The van der Waals surface area contributed by atoms with E-state index in [4.69, 9.17) is 5.26 Å². The molecule has 0 fully saturated rings. The minimum Gasteiger partial charge on any atom is -0.252 e. The van der Waals surface area contributed by atoms with Gasteiger partial charge in [-0.2, -0.15) is 5.26 Å². The molecule has 0 N–H and O–H groups in total. The third kappa shape index (κ3) is 1.25. The van der Waals surface area contributed by atoms with E-state index in [2.05, 4.69) is 11.1 Å². The van der Waals surface area contributed by atoms with Gasteiger partial charge in [-0.3, -0.25) is 4.98 Å². The van der Waals surface area contributed by atoms with Crippen LogP contribution in [0.5, 0.6) is 0 Å². The second-order valence-corrected chi connectivity index (χ2v) is 2.94. The number of aryl methyl sites for hydroxylation is 1. The van der Waals surface area contributed by atoms with Crippen molar-refractivity contribution in [2.24, 2.45) is 0 Å². The first-order valence-corrected chi connectivity index (χ1v) is 4.08. The zero-order valence-electron chi connectivity index (χ0n) is 7.28. The maximum atomic E-state index is 8.84. The van der Waals surface area contributed by atoms with E-state index in [1.807, 2.05) is 31.2 Å². The Balaban J connectivity index is 2.89. The van der Waals surface area contributed by atoms with Crippen LogP contribution in [0.1, 0.15) is 11.3 Å². The maximum absolute atomic E-state index is 8.84. The van der Waals surface area contributed by atoms with Gasteiger partial charge < -0.3 is 0 Å². The zero-order chi connectivity index (χ0) is 9.26. The van der Waals surface area contributed by atoms with Crippen LogP contribution in [0.15, 0.2) is 30.3 Å². The monoisotopic (exact) mass is 168 g/mol. The number of fused-ring (bicyclic) bond motifs is 1. The molecule has 0 unspecified atom stereocenters. The van der Waals surface area contributed by atoms with E-state index in [1.165, 1.54) is 0 Å². The fourth-order valence-electron chi connectivity index (χ4n) is 1.33. The van der Waals surface area contributed by atoms with Crippen LogP contribution in [0, 0.1) is 18.3 Å². The van der Waals surface area contributed by atoms with Crippen LogP contribution in [0.2, 0.25) is 0 Å². The Hall–Kier alpha value is -1.88. The second kappa shape index (κ2) is 2.87. The van der Waals surface area contributed by atoms with Gasteiger partial charge in [0.25, 0.3) is 0 Å². The molecule has 0 spiro atoms.